The molecule has 21 heavy (non-hydrogen) atoms. The van der Waals surface area contributed by atoms with E-state index in [9.17, 15) is 4.79 Å². The van der Waals surface area contributed by atoms with Gasteiger partial charge in [0, 0.05) is 11.3 Å². The van der Waals surface area contributed by atoms with Crippen molar-refractivity contribution >= 4 is 11.7 Å². The molecule has 0 heterocycles. The number of hydrogen-bond acceptors (Lipinski definition) is 4. The van der Waals surface area contributed by atoms with Crippen molar-refractivity contribution in [3.05, 3.63) is 59.7 Å². The zero-order valence-electron chi connectivity index (χ0n) is 11.6. The number of esters is 1. The number of carbonyl (C=O) groups excluding carboxylic acids is 1. The molecule has 106 valence electrons. The second-order valence-electron chi connectivity index (χ2n) is 4.23. The molecular formula is C17H15NO3. The van der Waals surface area contributed by atoms with E-state index in [0.29, 0.717) is 17.0 Å². The van der Waals surface area contributed by atoms with Gasteiger partial charge in [-0.1, -0.05) is 11.8 Å². The third-order valence-electron chi connectivity index (χ3n) is 2.73. The minimum atomic E-state index is -0.371. The van der Waals surface area contributed by atoms with Crippen molar-refractivity contribution in [1.29, 1.82) is 0 Å². The topological polar surface area (TPSA) is 61.5 Å². The number of benzene rings is 2. The Labute approximate surface area is 123 Å². The predicted octanol–water partition coefficient (Wildman–Crippen LogP) is 2.49. The molecule has 4 nitrogen and oxygen atoms in total. The van der Waals surface area contributed by atoms with Gasteiger partial charge in [0.2, 0.25) is 0 Å². The number of rotatable bonds is 3. The summed E-state index contributed by atoms with van der Waals surface area (Å²) in [5.41, 5.74) is 7.67. The minimum absolute atomic E-state index is 0.266. The summed E-state index contributed by atoms with van der Waals surface area (Å²) in [4.78, 5) is 11.3. The Hall–Kier alpha value is -2.93. The number of carbonyl (C=O) groups is 1. The lowest BCUT2D eigenvalue weighted by Crippen LogP contribution is -2.01. The van der Waals surface area contributed by atoms with Crippen LogP contribution in [-0.2, 0) is 4.74 Å². The zero-order valence-corrected chi connectivity index (χ0v) is 11.6. The first kappa shape index (κ1) is 14.5. The van der Waals surface area contributed by atoms with Gasteiger partial charge in [0.25, 0.3) is 0 Å². The summed E-state index contributed by atoms with van der Waals surface area (Å²) < 4.78 is 10.1. The molecule has 4 heteroatoms. The molecule has 0 saturated carbocycles. The normalized spacial score (nSPS) is 9.38. The van der Waals surface area contributed by atoms with E-state index < -0.39 is 0 Å². The van der Waals surface area contributed by atoms with Gasteiger partial charge in [-0.2, -0.15) is 0 Å². The van der Waals surface area contributed by atoms with Crippen LogP contribution < -0.4 is 10.5 Å². The van der Waals surface area contributed by atoms with Crippen molar-refractivity contribution < 1.29 is 14.3 Å². The molecule has 0 fully saturated rings. The maximum Gasteiger partial charge on any atom is 0.337 e. The van der Waals surface area contributed by atoms with E-state index in [1.165, 1.54) is 7.11 Å². The van der Waals surface area contributed by atoms with Crippen LogP contribution in [-0.4, -0.2) is 19.7 Å². The summed E-state index contributed by atoms with van der Waals surface area (Å²) >= 11 is 0. The van der Waals surface area contributed by atoms with Crippen LogP contribution in [0.25, 0.3) is 0 Å². The molecule has 0 amide bonds. The molecule has 2 N–H and O–H groups in total. The number of nitrogen functional groups attached to an aromatic ring is 1. The number of anilines is 1. The van der Waals surface area contributed by atoms with Gasteiger partial charge in [-0.3, -0.25) is 0 Å². The molecule has 0 atom stereocenters. The summed E-state index contributed by atoms with van der Waals surface area (Å²) in [7, 11) is 1.35. The largest absolute Gasteiger partial charge is 0.481 e. The average Bonchev–Trinajstić information content (AvgIpc) is 2.53. The van der Waals surface area contributed by atoms with Crippen molar-refractivity contribution in [3.63, 3.8) is 0 Å². The molecular weight excluding hydrogens is 266 g/mol. The van der Waals surface area contributed by atoms with Gasteiger partial charge in [-0.05, 0) is 48.5 Å². The maximum atomic E-state index is 11.3. The van der Waals surface area contributed by atoms with Gasteiger partial charge < -0.3 is 15.2 Å². The fourth-order valence-corrected chi connectivity index (χ4v) is 1.63. The highest BCUT2D eigenvalue weighted by molar-refractivity contribution is 5.89. The Balaban J connectivity index is 1.89. The van der Waals surface area contributed by atoms with Gasteiger partial charge in [-0.15, -0.1) is 0 Å². The second-order valence-corrected chi connectivity index (χ2v) is 4.23. The second kappa shape index (κ2) is 7.01. The van der Waals surface area contributed by atoms with Crippen molar-refractivity contribution in [1.82, 2.24) is 0 Å². The molecule has 0 aliphatic heterocycles. The first-order valence-corrected chi connectivity index (χ1v) is 6.34. The van der Waals surface area contributed by atoms with Gasteiger partial charge in [0.1, 0.15) is 12.4 Å². The van der Waals surface area contributed by atoms with E-state index >= 15 is 0 Å². The highest BCUT2D eigenvalue weighted by atomic mass is 16.5. The van der Waals surface area contributed by atoms with Gasteiger partial charge >= 0.3 is 5.97 Å². The monoisotopic (exact) mass is 281 g/mol. The molecule has 0 spiro atoms. The smallest absolute Gasteiger partial charge is 0.337 e. The first-order valence-electron chi connectivity index (χ1n) is 6.34. The van der Waals surface area contributed by atoms with Crippen LogP contribution in [0.5, 0.6) is 5.75 Å². The Kier molecular flexibility index (Phi) is 4.84. The zero-order chi connectivity index (χ0) is 15.1. The van der Waals surface area contributed by atoms with Gasteiger partial charge in [0.15, 0.2) is 0 Å². The molecule has 2 rings (SSSR count). The summed E-state index contributed by atoms with van der Waals surface area (Å²) in [6, 6.07) is 14.0. The number of hydrogen-bond donors (Lipinski definition) is 1. The molecule has 0 radical (unpaired) electrons. The maximum absolute atomic E-state index is 11.3. The van der Waals surface area contributed by atoms with Crippen molar-refractivity contribution in [2.24, 2.45) is 0 Å². The van der Waals surface area contributed by atoms with Crippen LogP contribution in [0, 0.1) is 11.8 Å². The first-order chi connectivity index (χ1) is 10.2. The van der Waals surface area contributed by atoms with Crippen LogP contribution in [0.4, 0.5) is 5.69 Å². The molecule has 0 aliphatic rings. The third kappa shape index (κ3) is 4.29. The van der Waals surface area contributed by atoms with Crippen molar-refractivity contribution in [3.8, 4) is 17.6 Å². The Bertz CT molecular complexity index is 664. The van der Waals surface area contributed by atoms with Crippen molar-refractivity contribution in [2.45, 2.75) is 0 Å². The highest BCUT2D eigenvalue weighted by Gasteiger charge is 2.03. The average molecular weight is 281 g/mol. The van der Waals surface area contributed by atoms with Crippen LogP contribution in [0.15, 0.2) is 48.5 Å². The third-order valence-corrected chi connectivity index (χ3v) is 2.73. The minimum Gasteiger partial charge on any atom is -0.481 e. The number of ether oxygens (including phenoxy) is 2. The summed E-state index contributed by atoms with van der Waals surface area (Å²) in [6.45, 7) is 0.266. The molecule has 0 aliphatic carbocycles. The van der Waals surface area contributed by atoms with E-state index in [1.807, 2.05) is 12.1 Å². The Morgan fingerprint density at radius 2 is 1.76 bits per heavy atom. The van der Waals surface area contributed by atoms with Gasteiger partial charge in [0.05, 0.1) is 12.7 Å². The molecule has 0 bridgehead atoms. The van der Waals surface area contributed by atoms with Gasteiger partial charge in [-0.25, -0.2) is 4.79 Å². The van der Waals surface area contributed by atoms with Crippen LogP contribution in [0.3, 0.4) is 0 Å². The van der Waals surface area contributed by atoms with Crippen LogP contribution in [0.2, 0.25) is 0 Å². The lowest BCUT2D eigenvalue weighted by molar-refractivity contribution is 0.0600. The molecule has 0 unspecified atom stereocenters. The van der Waals surface area contributed by atoms with Crippen molar-refractivity contribution in [2.75, 3.05) is 19.5 Å². The molecule has 2 aromatic rings. The lowest BCUT2D eigenvalue weighted by Gasteiger charge is -2.03. The summed E-state index contributed by atoms with van der Waals surface area (Å²) in [5.74, 6) is 6.17. The quantitative estimate of drug-likeness (QED) is 0.533. The summed E-state index contributed by atoms with van der Waals surface area (Å²) in [5, 5.41) is 0. The number of methoxy groups -OCH3 is 1. The molecule has 0 saturated heterocycles. The van der Waals surface area contributed by atoms with Crippen LogP contribution in [0.1, 0.15) is 15.9 Å². The van der Waals surface area contributed by atoms with Crippen LogP contribution >= 0.6 is 0 Å². The van der Waals surface area contributed by atoms with E-state index in [1.54, 1.807) is 36.4 Å². The fourth-order valence-electron chi connectivity index (χ4n) is 1.63. The van der Waals surface area contributed by atoms with E-state index in [4.69, 9.17) is 10.5 Å². The lowest BCUT2D eigenvalue weighted by atomic mass is 10.2. The standard InChI is InChI=1S/C17H15NO3/c1-20-17(19)14-6-10-16(11-7-14)21-12-2-3-13-4-8-15(18)9-5-13/h4-11H,12,18H2,1H3. The highest BCUT2D eigenvalue weighted by Crippen LogP contribution is 2.12. The summed E-state index contributed by atoms with van der Waals surface area (Å²) in [6.07, 6.45) is 0. The fraction of sp³-hybridized carbons (Fsp3) is 0.118. The molecule has 2 aromatic carbocycles. The van der Waals surface area contributed by atoms with E-state index in [-0.39, 0.29) is 12.6 Å². The molecule has 0 aromatic heterocycles. The van der Waals surface area contributed by atoms with E-state index in [0.717, 1.165) is 5.56 Å². The van der Waals surface area contributed by atoms with E-state index in [2.05, 4.69) is 16.6 Å². The predicted molar refractivity (Wildman–Crippen MR) is 81.0 cm³/mol. The Morgan fingerprint density at radius 1 is 1.10 bits per heavy atom. The number of nitrogens with two attached hydrogens (primary N) is 1. The Morgan fingerprint density at radius 3 is 2.38 bits per heavy atom. The SMILES string of the molecule is COC(=O)c1ccc(OCC#Cc2ccc(N)cc2)cc1.